The summed E-state index contributed by atoms with van der Waals surface area (Å²) in [6.07, 6.45) is 0. The highest BCUT2D eigenvalue weighted by atomic mass is 32.2. The van der Waals surface area contributed by atoms with Gasteiger partial charge in [0.25, 0.3) is 5.69 Å². The van der Waals surface area contributed by atoms with Gasteiger partial charge in [0.05, 0.1) is 9.82 Å². The molecule has 8 nitrogen and oxygen atoms in total. The van der Waals surface area contributed by atoms with E-state index in [1.807, 2.05) is 4.72 Å². The number of hydrogen-bond donors (Lipinski definition) is 2. The van der Waals surface area contributed by atoms with Crippen molar-refractivity contribution >= 4 is 21.7 Å². The number of nitro benzene ring substituents is 1. The van der Waals surface area contributed by atoms with E-state index in [4.69, 9.17) is 5.11 Å². The number of nitro groups is 1. The van der Waals surface area contributed by atoms with E-state index in [1.54, 1.807) is 0 Å². The van der Waals surface area contributed by atoms with Crippen LogP contribution in [-0.4, -0.2) is 30.5 Å². The van der Waals surface area contributed by atoms with Crippen LogP contribution in [0.5, 0.6) is 0 Å². The second kappa shape index (κ2) is 5.55. The van der Waals surface area contributed by atoms with Gasteiger partial charge in [0.1, 0.15) is 6.04 Å². The van der Waals surface area contributed by atoms with Crippen LogP contribution in [-0.2, 0) is 14.8 Å². The molecule has 1 unspecified atom stereocenters. The molecular weight excluding hydrogens is 288 g/mol. The molecule has 2 N–H and O–H groups in total. The normalized spacial score (nSPS) is 12.9. The third-order valence-electron chi connectivity index (χ3n) is 2.63. The second-order valence-electron chi connectivity index (χ2n) is 4.35. The van der Waals surface area contributed by atoms with Crippen LogP contribution in [0.4, 0.5) is 5.69 Å². The summed E-state index contributed by atoms with van der Waals surface area (Å²) in [6, 6.07) is 0.967. The SMILES string of the molecule is Cc1cc([N+](=O)[O-])cc(C)c1S(=O)(=O)NC(C)C(=O)O. The van der Waals surface area contributed by atoms with E-state index in [-0.39, 0.29) is 21.7 Å². The molecule has 20 heavy (non-hydrogen) atoms. The first kappa shape index (κ1) is 16.1. The molecule has 0 aliphatic heterocycles. The van der Waals surface area contributed by atoms with Gasteiger partial charge in [-0.3, -0.25) is 14.9 Å². The molecule has 1 rings (SSSR count). The molecule has 1 aromatic rings. The predicted octanol–water partition coefficient (Wildman–Crippen LogP) is 0.963. The number of carboxylic acids is 1. The van der Waals surface area contributed by atoms with Gasteiger partial charge in [-0.05, 0) is 31.9 Å². The number of carbonyl (C=O) groups is 1. The van der Waals surface area contributed by atoms with Crippen LogP contribution in [0.15, 0.2) is 17.0 Å². The minimum atomic E-state index is -4.06. The Hall–Kier alpha value is -2.00. The van der Waals surface area contributed by atoms with Crippen LogP contribution in [0.3, 0.4) is 0 Å². The van der Waals surface area contributed by atoms with Crippen LogP contribution in [0.2, 0.25) is 0 Å². The molecule has 0 bridgehead atoms. The number of aryl methyl sites for hydroxylation is 2. The fourth-order valence-electron chi connectivity index (χ4n) is 1.80. The van der Waals surface area contributed by atoms with Crippen molar-refractivity contribution < 1.29 is 23.2 Å². The number of sulfonamides is 1. The van der Waals surface area contributed by atoms with E-state index >= 15 is 0 Å². The van der Waals surface area contributed by atoms with E-state index in [0.29, 0.717) is 0 Å². The number of nitrogens with zero attached hydrogens (tertiary/aromatic N) is 1. The van der Waals surface area contributed by atoms with Gasteiger partial charge in [0.2, 0.25) is 10.0 Å². The lowest BCUT2D eigenvalue weighted by Crippen LogP contribution is -2.38. The number of nitrogens with one attached hydrogen (secondary N) is 1. The Bertz CT molecular complexity index is 644. The lowest BCUT2D eigenvalue weighted by atomic mass is 10.1. The first-order chi connectivity index (χ1) is 9.06. The van der Waals surface area contributed by atoms with Crippen molar-refractivity contribution in [3.05, 3.63) is 33.4 Å². The topological polar surface area (TPSA) is 127 Å². The summed E-state index contributed by atoms with van der Waals surface area (Å²) in [5.74, 6) is -1.31. The molecule has 0 saturated carbocycles. The average molecular weight is 302 g/mol. The number of hydrogen-bond acceptors (Lipinski definition) is 5. The third kappa shape index (κ3) is 3.31. The second-order valence-corrected chi connectivity index (χ2v) is 6.00. The summed E-state index contributed by atoms with van der Waals surface area (Å²) in [5, 5.41) is 19.4. The molecule has 0 aromatic heterocycles. The Balaban J connectivity index is 3.33. The largest absolute Gasteiger partial charge is 0.480 e. The Labute approximate surface area is 115 Å². The number of carboxylic acid groups (broad SMARTS) is 1. The number of rotatable bonds is 5. The van der Waals surface area contributed by atoms with Gasteiger partial charge in [-0.15, -0.1) is 0 Å². The van der Waals surface area contributed by atoms with Crippen LogP contribution in [0.25, 0.3) is 0 Å². The number of aliphatic carboxylic acids is 1. The number of non-ortho nitro benzene ring substituents is 1. The van der Waals surface area contributed by atoms with Crippen LogP contribution in [0.1, 0.15) is 18.1 Å². The molecule has 0 spiro atoms. The van der Waals surface area contributed by atoms with Crippen LogP contribution < -0.4 is 4.72 Å². The third-order valence-corrected chi connectivity index (χ3v) is 4.47. The summed E-state index contributed by atoms with van der Waals surface area (Å²) < 4.78 is 26.3. The molecule has 0 heterocycles. The molecule has 1 aromatic carbocycles. The van der Waals surface area contributed by atoms with Crippen molar-refractivity contribution in [3.8, 4) is 0 Å². The van der Waals surface area contributed by atoms with Crippen LogP contribution in [0, 0.1) is 24.0 Å². The van der Waals surface area contributed by atoms with E-state index in [2.05, 4.69) is 0 Å². The lowest BCUT2D eigenvalue weighted by Gasteiger charge is -2.14. The monoisotopic (exact) mass is 302 g/mol. The van der Waals surface area contributed by atoms with Crippen molar-refractivity contribution in [2.24, 2.45) is 0 Å². The highest BCUT2D eigenvalue weighted by molar-refractivity contribution is 7.89. The van der Waals surface area contributed by atoms with E-state index < -0.39 is 27.0 Å². The van der Waals surface area contributed by atoms with Gasteiger partial charge in [-0.25, -0.2) is 8.42 Å². The van der Waals surface area contributed by atoms with Gasteiger partial charge in [0.15, 0.2) is 0 Å². The van der Waals surface area contributed by atoms with Gasteiger partial charge in [0, 0.05) is 12.1 Å². The van der Waals surface area contributed by atoms with Crippen molar-refractivity contribution in [1.29, 1.82) is 0 Å². The number of benzene rings is 1. The molecule has 110 valence electrons. The quantitative estimate of drug-likeness (QED) is 0.616. The lowest BCUT2D eigenvalue weighted by molar-refractivity contribution is -0.385. The Morgan fingerprint density at radius 2 is 1.80 bits per heavy atom. The zero-order valence-electron chi connectivity index (χ0n) is 11.1. The van der Waals surface area contributed by atoms with Gasteiger partial charge in [-0.2, -0.15) is 4.72 Å². The summed E-state index contributed by atoms with van der Waals surface area (Å²) >= 11 is 0. The fraction of sp³-hybridized carbons (Fsp3) is 0.364. The molecule has 0 aliphatic rings. The maximum absolute atomic E-state index is 12.1. The molecular formula is C11H14N2O6S. The zero-order valence-corrected chi connectivity index (χ0v) is 11.9. The maximum Gasteiger partial charge on any atom is 0.321 e. The molecule has 9 heteroatoms. The summed E-state index contributed by atoms with van der Waals surface area (Å²) in [6.45, 7) is 4.02. The van der Waals surface area contributed by atoms with Crippen LogP contribution >= 0.6 is 0 Å². The standard InChI is InChI=1S/C11H14N2O6S/c1-6-4-9(13(16)17)5-7(2)10(6)20(18,19)12-8(3)11(14)15/h4-5,8,12H,1-3H3,(H,14,15). The summed E-state index contributed by atoms with van der Waals surface area (Å²) in [4.78, 5) is 20.6. The van der Waals surface area contributed by atoms with Crippen molar-refractivity contribution in [2.75, 3.05) is 0 Å². The maximum atomic E-state index is 12.1. The minimum absolute atomic E-state index is 0.142. The van der Waals surface area contributed by atoms with Crippen molar-refractivity contribution in [3.63, 3.8) is 0 Å². The highest BCUT2D eigenvalue weighted by Gasteiger charge is 2.26. The Kier molecular flexibility index (Phi) is 4.46. The smallest absolute Gasteiger partial charge is 0.321 e. The molecule has 0 saturated heterocycles. The molecule has 0 aliphatic carbocycles. The molecule has 0 fully saturated rings. The summed E-state index contributed by atoms with van der Waals surface area (Å²) in [7, 11) is -4.06. The molecule has 0 radical (unpaired) electrons. The average Bonchev–Trinajstić information content (AvgIpc) is 2.26. The molecule has 1 atom stereocenters. The van der Waals surface area contributed by atoms with E-state index in [1.165, 1.54) is 20.8 Å². The van der Waals surface area contributed by atoms with Crippen molar-refractivity contribution in [2.45, 2.75) is 31.7 Å². The predicted molar refractivity (Wildman–Crippen MR) is 70.0 cm³/mol. The first-order valence-electron chi connectivity index (χ1n) is 5.57. The van der Waals surface area contributed by atoms with E-state index in [9.17, 15) is 23.3 Å². The summed E-state index contributed by atoms with van der Waals surface area (Å²) in [5.41, 5.74) is 0.147. The van der Waals surface area contributed by atoms with Crippen molar-refractivity contribution in [1.82, 2.24) is 4.72 Å². The Morgan fingerprint density at radius 3 is 2.15 bits per heavy atom. The first-order valence-corrected chi connectivity index (χ1v) is 7.05. The van der Waals surface area contributed by atoms with Gasteiger partial charge in [-0.1, -0.05) is 0 Å². The van der Waals surface area contributed by atoms with Gasteiger partial charge >= 0.3 is 5.97 Å². The molecule has 0 amide bonds. The highest BCUT2D eigenvalue weighted by Crippen LogP contribution is 2.25. The van der Waals surface area contributed by atoms with Gasteiger partial charge < -0.3 is 5.11 Å². The fourth-order valence-corrected chi connectivity index (χ4v) is 3.45. The Morgan fingerprint density at radius 1 is 1.35 bits per heavy atom. The zero-order chi connectivity index (χ0) is 15.7. The minimum Gasteiger partial charge on any atom is -0.480 e. The van der Waals surface area contributed by atoms with E-state index in [0.717, 1.165) is 12.1 Å².